The standard InChI is InChI=1S/C16H20N4O2/c17-11-13-7-4-10-20(13)16(22)14(18)8-9-15(21)19-12-5-2-1-3-6-12/h1-3,5-6,13-14H,4,7-10,18H2,(H,19,21)/p+1/t13-,14-/m0/s1. The lowest BCUT2D eigenvalue weighted by Crippen LogP contribution is -2.68. The van der Waals surface area contributed by atoms with E-state index in [1.165, 1.54) is 0 Å². The van der Waals surface area contributed by atoms with Gasteiger partial charge in [0.25, 0.3) is 5.91 Å². The van der Waals surface area contributed by atoms with Gasteiger partial charge in [0.2, 0.25) is 5.91 Å². The molecule has 4 N–H and O–H groups in total. The lowest BCUT2D eigenvalue weighted by molar-refractivity contribution is -0.406. The van der Waals surface area contributed by atoms with Gasteiger partial charge < -0.3 is 16.0 Å². The molecule has 1 aliphatic rings. The van der Waals surface area contributed by atoms with Gasteiger partial charge in [-0.3, -0.25) is 9.59 Å². The Morgan fingerprint density at radius 1 is 1.41 bits per heavy atom. The number of carbonyl (C=O) groups is 2. The van der Waals surface area contributed by atoms with Gasteiger partial charge in [0.05, 0.1) is 6.07 Å². The second kappa shape index (κ2) is 7.57. The molecule has 6 nitrogen and oxygen atoms in total. The molecule has 1 heterocycles. The second-order valence-corrected chi connectivity index (χ2v) is 5.47. The Kier molecular flexibility index (Phi) is 5.50. The van der Waals surface area contributed by atoms with Crippen LogP contribution in [0.2, 0.25) is 0 Å². The summed E-state index contributed by atoms with van der Waals surface area (Å²) in [7, 11) is 0. The minimum Gasteiger partial charge on any atom is -0.347 e. The van der Waals surface area contributed by atoms with Gasteiger partial charge in [-0.15, -0.1) is 0 Å². The third-order valence-corrected chi connectivity index (χ3v) is 3.81. The largest absolute Gasteiger partial charge is 0.347 e. The normalized spacial score (nSPS) is 18.5. The van der Waals surface area contributed by atoms with E-state index in [0.717, 1.165) is 18.5 Å². The Labute approximate surface area is 129 Å². The number of anilines is 1. The molecule has 0 spiro atoms. The minimum absolute atomic E-state index is 0.128. The van der Waals surface area contributed by atoms with Crippen molar-refractivity contribution in [1.29, 1.82) is 5.26 Å². The van der Waals surface area contributed by atoms with E-state index in [9.17, 15) is 9.59 Å². The van der Waals surface area contributed by atoms with Crippen molar-refractivity contribution in [1.82, 2.24) is 4.90 Å². The first-order valence-corrected chi connectivity index (χ1v) is 7.50. The predicted octanol–water partition coefficient (Wildman–Crippen LogP) is 0.530. The third-order valence-electron chi connectivity index (χ3n) is 3.81. The van der Waals surface area contributed by atoms with Crippen molar-refractivity contribution in [3.8, 4) is 6.07 Å². The Hall–Kier alpha value is -2.39. The zero-order valence-electron chi connectivity index (χ0n) is 12.5. The zero-order valence-corrected chi connectivity index (χ0v) is 12.5. The Morgan fingerprint density at radius 3 is 2.82 bits per heavy atom. The predicted molar refractivity (Wildman–Crippen MR) is 81.3 cm³/mol. The summed E-state index contributed by atoms with van der Waals surface area (Å²) in [6, 6.07) is 10.5. The molecule has 1 aromatic carbocycles. The van der Waals surface area contributed by atoms with Crippen LogP contribution in [0, 0.1) is 11.3 Å². The van der Waals surface area contributed by atoms with Crippen molar-refractivity contribution in [3.63, 3.8) is 0 Å². The minimum atomic E-state index is -0.490. The van der Waals surface area contributed by atoms with Gasteiger partial charge in [-0.2, -0.15) is 5.26 Å². The summed E-state index contributed by atoms with van der Waals surface area (Å²) >= 11 is 0. The molecule has 1 aliphatic heterocycles. The summed E-state index contributed by atoms with van der Waals surface area (Å²) in [6.07, 6.45) is 2.20. The number of quaternary nitrogens is 1. The highest BCUT2D eigenvalue weighted by atomic mass is 16.2. The van der Waals surface area contributed by atoms with Gasteiger partial charge in [0.1, 0.15) is 6.04 Å². The summed E-state index contributed by atoms with van der Waals surface area (Å²) in [6.45, 7) is 0.610. The van der Waals surface area contributed by atoms with Gasteiger partial charge in [-0.1, -0.05) is 18.2 Å². The fourth-order valence-electron chi connectivity index (χ4n) is 2.57. The molecule has 1 saturated heterocycles. The summed E-state index contributed by atoms with van der Waals surface area (Å²) < 4.78 is 0. The lowest BCUT2D eigenvalue weighted by Gasteiger charge is -2.21. The van der Waals surface area contributed by atoms with E-state index in [2.05, 4.69) is 17.1 Å². The molecule has 22 heavy (non-hydrogen) atoms. The van der Waals surface area contributed by atoms with Crippen LogP contribution in [-0.2, 0) is 9.59 Å². The van der Waals surface area contributed by atoms with Crippen molar-refractivity contribution >= 4 is 17.5 Å². The smallest absolute Gasteiger partial charge is 0.281 e. The van der Waals surface area contributed by atoms with E-state index in [1.54, 1.807) is 4.90 Å². The third kappa shape index (κ3) is 4.06. The van der Waals surface area contributed by atoms with Crippen molar-refractivity contribution in [2.75, 3.05) is 11.9 Å². The van der Waals surface area contributed by atoms with E-state index < -0.39 is 6.04 Å². The maximum atomic E-state index is 12.3. The number of rotatable bonds is 5. The summed E-state index contributed by atoms with van der Waals surface area (Å²) in [5, 5.41) is 11.8. The summed E-state index contributed by atoms with van der Waals surface area (Å²) in [4.78, 5) is 25.7. The molecule has 0 radical (unpaired) electrons. The quantitative estimate of drug-likeness (QED) is 0.829. The second-order valence-electron chi connectivity index (χ2n) is 5.47. The molecule has 0 unspecified atom stereocenters. The molecule has 1 fully saturated rings. The highest BCUT2D eigenvalue weighted by Crippen LogP contribution is 2.17. The SMILES string of the molecule is N#C[C@@H]1CCCN1C(=O)[C@@H]([NH3+])CCC(=O)Nc1ccccc1. The van der Waals surface area contributed by atoms with Crippen molar-refractivity contribution in [3.05, 3.63) is 30.3 Å². The first-order chi connectivity index (χ1) is 10.6. The number of benzene rings is 1. The van der Waals surface area contributed by atoms with Crippen molar-refractivity contribution in [2.45, 2.75) is 37.8 Å². The van der Waals surface area contributed by atoms with Gasteiger partial charge in [0, 0.05) is 25.1 Å². The molecule has 2 atom stereocenters. The van der Waals surface area contributed by atoms with Crippen LogP contribution in [0.25, 0.3) is 0 Å². The van der Waals surface area contributed by atoms with Crippen molar-refractivity contribution < 1.29 is 15.3 Å². The fourth-order valence-corrected chi connectivity index (χ4v) is 2.57. The number of nitrogens with zero attached hydrogens (tertiary/aromatic N) is 2. The first kappa shape index (κ1) is 16.0. The zero-order chi connectivity index (χ0) is 15.9. The van der Waals surface area contributed by atoms with Crippen LogP contribution in [0.3, 0.4) is 0 Å². The van der Waals surface area contributed by atoms with E-state index in [1.807, 2.05) is 30.3 Å². The maximum absolute atomic E-state index is 12.3. The van der Waals surface area contributed by atoms with Gasteiger partial charge >= 0.3 is 0 Å². The Balaban J connectivity index is 1.79. The molecule has 116 valence electrons. The average molecular weight is 301 g/mol. The molecule has 0 bridgehead atoms. The van der Waals surface area contributed by atoms with Gasteiger partial charge in [-0.05, 0) is 25.0 Å². The maximum Gasteiger partial charge on any atom is 0.281 e. The Morgan fingerprint density at radius 2 is 2.14 bits per heavy atom. The summed E-state index contributed by atoms with van der Waals surface area (Å²) in [5.41, 5.74) is 4.59. The highest BCUT2D eigenvalue weighted by molar-refractivity contribution is 5.91. The number of nitriles is 1. The molecule has 0 saturated carbocycles. The lowest BCUT2D eigenvalue weighted by atomic mass is 10.1. The highest BCUT2D eigenvalue weighted by Gasteiger charge is 2.33. The van der Waals surface area contributed by atoms with E-state index >= 15 is 0 Å². The van der Waals surface area contributed by atoms with Crippen LogP contribution in [-0.4, -0.2) is 35.3 Å². The van der Waals surface area contributed by atoms with Gasteiger partial charge in [-0.25, -0.2) is 0 Å². The molecule has 2 rings (SSSR count). The fraction of sp³-hybridized carbons (Fsp3) is 0.438. The van der Waals surface area contributed by atoms with Crippen molar-refractivity contribution in [2.24, 2.45) is 0 Å². The monoisotopic (exact) mass is 301 g/mol. The molecular formula is C16H21N4O2+. The number of hydrogen-bond acceptors (Lipinski definition) is 3. The Bertz CT molecular complexity index is 567. The van der Waals surface area contributed by atoms with Gasteiger partial charge in [0.15, 0.2) is 6.04 Å². The van der Waals surface area contributed by atoms with Crippen LogP contribution in [0.4, 0.5) is 5.69 Å². The van der Waals surface area contributed by atoms with Crippen LogP contribution >= 0.6 is 0 Å². The van der Waals surface area contributed by atoms with E-state index in [0.29, 0.717) is 13.0 Å². The molecule has 1 aromatic rings. The molecule has 0 aromatic heterocycles. The first-order valence-electron chi connectivity index (χ1n) is 7.50. The number of para-hydroxylation sites is 1. The van der Waals surface area contributed by atoms with Crippen LogP contribution < -0.4 is 11.1 Å². The van der Waals surface area contributed by atoms with Crippen LogP contribution in [0.1, 0.15) is 25.7 Å². The number of hydrogen-bond donors (Lipinski definition) is 2. The molecule has 2 amide bonds. The number of amides is 2. The molecular weight excluding hydrogens is 280 g/mol. The molecule has 0 aliphatic carbocycles. The summed E-state index contributed by atoms with van der Waals surface area (Å²) in [5.74, 6) is -0.262. The van der Waals surface area contributed by atoms with Crippen LogP contribution in [0.15, 0.2) is 30.3 Å². The number of carbonyl (C=O) groups excluding carboxylic acids is 2. The van der Waals surface area contributed by atoms with E-state index in [-0.39, 0.29) is 24.3 Å². The molecule has 6 heteroatoms. The average Bonchev–Trinajstić information content (AvgIpc) is 3.01. The number of nitrogens with one attached hydrogen (secondary N) is 1. The number of likely N-dealkylation sites (tertiary alicyclic amines) is 1. The van der Waals surface area contributed by atoms with Crippen LogP contribution in [0.5, 0.6) is 0 Å². The van der Waals surface area contributed by atoms with E-state index in [4.69, 9.17) is 5.26 Å². The topological polar surface area (TPSA) is 101 Å².